The Labute approximate surface area is 538 Å². The Morgan fingerprint density at radius 2 is 1.70 bits per heavy atom. The van der Waals surface area contributed by atoms with E-state index in [2.05, 4.69) is 78.0 Å². The summed E-state index contributed by atoms with van der Waals surface area (Å²) in [5.41, 5.74) is 23.0. The molecule has 3 unspecified atom stereocenters. The zero-order chi connectivity index (χ0) is 65.6. The van der Waals surface area contributed by atoms with E-state index >= 15 is 0 Å². The van der Waals surface area contributed by atoms with Gasteiger partial charge in [0.05, 0.1) is 41.3 Å². The van der Waals surface area contributed by atoms with Gasteiger partial charge in [-0.3, -0.25) is 19.1 Å². The number of hydrogen-bond donors (Lipinski definition) is 10. The molecule has 0 saturated carbocycles. The third-order valence-corrected chi connectivity index (χ3v) is 22.3. The molecule has 31 nitrogen and oxygen atoms in total. The van der Waals surface area contributed by atoms with Crippen molar-refractivity contribution in [3.05, 3.63) is 118 Å². The molecule has 3 amide bonds. The lowest BCUT2D eigenvalue weighted by Crippen LogP contribution is -2.45. The molecular formula is C57H68N12O19P3S2+. The third kappa shape index (κ3) is 16.0. The van der Waals surface area contributed by atoms with Crippen LogP contribution in [0.15, 0.2) is 46.4 Å². The number of nitrogen functional groups attached to an aromatic ring is 1. The highest BCUT2D eigenvalue weighted by atomic mass is 33.1. The number of ether oxygens (including phenoxy) is 4. The van der Waals surface area contributed by atoms with E-state index in [1.54, 1.807) is 29.0 Å². The number of carboxylic acid groups (broad SMARTS) is 1. The molecular weight excluding hydrogens is 1310 g/mol. The fourth-order valence-electron chi connectivity index (χ4n) is 12.7. The van der Waals surface area contributed by atoms with Crippen LogP contribution in [-0.4, -0.2) is 147 Å². The molecule has 0 aliphatic carbocycles. The molecule has 0 bridgehead atoms. The van der Waals surface area contributed by atoms with E-state index in [9.17, 15) is 47.8 Å². The smallest absolute Gasteiger partial charge is 0.478 e. The molecule has 1 fully saturated rings. The Morgan fingerprint density at radius 3 is 2.49 bits per heavy atom. The van der Waals surface area contributed by atoms with Crippen molar-refractivity contribution in [2.75, 3.05) is 88.1 Å². The van der Waals surface area contributed by atoms with Gasteiger partial charge < -0.3 is 74.8 Å². The minimum Gasteiger partial charge on any atom is -0.478 e. The molecule has 3 aromatic carbocycles. The summed E-state index contributed by atoms with van der Waals surface area (Å²) in [6, 6.07) is 8.88. The molecule has 5 atom stereocenters. The molecule has 2 aromatic heterocycles. The lowest BCUT2D eigenvalue weighted by atomic mass is 9.81. The molecule has 1 saturated heterocycles. The Balaban J connectivity index is 0.622. The van der Waals surface area contributed by atoms with Crippen molar-refractivity contribution in [2.45, 2.75) is 95.5 Å². The number of aromatic nitrogens is 3. The average molecular weight is 1380 g/mol. The van der Waals surface area contributed by atoms with Gasteiger partial charge in [0.2, 0.25) is 11.3 Å². The summed E-state index contributed by atoms with van der Waals surface area (Å²) >= 11 is 0. The normalized spacial score (nSPS) is 19.1. The zero-order valence-electron chi connectivity index (χ0n) is 50.0. The number of aromatic carboxylic acids is 1. The predicted octanol–water partition coefficient (Wildman–Crippen LogP) is 5.33. The Morgan fingerprint density at radius 1 is 0.914 bits per heavy atom. The van der Waals surface area contributed by atoms with Gasteiger partial charge in [0, 0.05) is 108 Å². The van der Waals surface area contributed by atoms with Crippen LogP contribution in [0.25, 0.3) is 27.0 Å². The van der Waals surface area contributed by atoms with Crippen molar-refractivity contribution >= 4 is 91.2 Å². The SMILES string of the molecule is [N-]=[N+]=NCOC1C[C@H](n2cc(C#CCNC(=O)NCCCCCOCSSCCNC(=O)c3ccc(C(=O)O)c(C4=c5cc6c7c(c5Oc5c4cc4c8c5CCCN8CCC4)CCC[N+]=7CCC6)c3)c3c(=O)[nH]c(N)nc32)O[C@@H]1COP(=O)(O)OP(=O)(O)OP(=O)(O)O. The second kappa shape index (κ2) is 29.5. The molecule has 496 valence electrons. The number of benzene rings is 3. The van der Waals surface area contributed by atoms with E-state index in [4.69, 9.17) is 44.5 Å². The van der Waals surface area contributed by atoms with Crippen molar-refractivity contribution in [3.63, 3.8) is 0 Å². The summed E-state index contributed by atoms with van der Waals surface area (Å²) in [6.07, 6.45) is 7.69. The van der Waals surface area contributed by atoms with E-state index in [0.29, 0.717) is 48.9 Å². The van der Waals surface area contributed by atoms with Gasteiger partial charge in [0.1, 0.15) is 49.6 Å². The number of aryl methyl sites for hydroxylation is 2. The number of unbranched alkanes of at least 4 members (excludes halogenated alkanes) is 2. The van der Waals surface area contributed by atoms with Crippen molar-refractivity contribution in [3.8, 4) is 23.3 Å². The first-order valence-corrected chi connectivity index (χ1v) is 37.0. The molecule has 0 radical (unpaired) electrons. The highest BCUT2D eigenvalue weighted by Crippen LogP contribution is 2.66. The number of H-pyrrole nitrogens is 1. The van der Waals surface area contributed by atoms with Gasteiger partial charge in [-0.15, -0.1) is 0 Å². The Kier molecular flexibility index (Phi) is 21.4. The lowest BCUT2D eigenvalue weighted by Gasteiger charge is -2.39. The van der Waals surface area contributed by atoms with Gasteiger partial charge in [0.15, 0.2) is 5.65 Å². The second-order valence-electron chi connectivity index (χ2n) is 22.5. The number of carbonyl (C=O) groups is 3. The zero-order valence-corrected chi connectivity index (χ0v) is 54.3. The summed E-state index contributed by atoms with van der Waals surface area (Å²) < 4.78 is 76.0. The number of phosphoric ester groups is 1. The number of nitrogens with two attached hydrogens (primary N) is 1. The lowest BCUT2D eigenvalue weighted by molar-refractivity contribution is -0.0581. The fourth-order valence-corrected chi connectivity index (χ4v) is 17.3. The maximum Gasteiger partial charge on any atom is 0.490 e. The molecule has 11 N–H and O–H groups in total. The van der Waals surface area contributed by atoms with Gasteiger partial charge in [-0.05, 0) is 105 Å². The van der Waals surface area contributed by atoms with Crippen molar-refractivity contribution in [1.82, 2.24) is 35.1 Å². The summed E-state index contributed by atoms with van der Waals surface area (Å²) in [4.78, 5) is 102. The highest BCUT2D eigenvalue weighted by molar-refractivity contribution is 8.76. The van der Waals surface area contributed by atoms with E-state index in [-0.39, 0.29) is 47.0 Å². The predicted molar refractivity (Wildman–Crippen MR) is 341 cm³/mol. The number of urea groups is 1. The number of phosphoric acid groups is 3. The van der Waals surface area contributed by atoms with E-state index < -0.39 is 72.8 Å². The molecule has 36 heteroatoms. The molecule has 93 heavy (non-hydrogen) atoms. The van der Waals surface area contributed by atoms with Crippen LogP contribution in [-0.2, 0) is 66.7 Å². The highest BCUT2D eigenvalue weighted by Gasteiger charge is 2.44. The molecule has 6 aliphatic heterocycles. The minimum atomic E-state index is -5.83. The number of amides is 3. The van der Waals surface area contributed by atoms with Crippen LogP contribution in [0, 0.1) is 11.8 Å². The number of fused-ring (bicyclic) bond motifs is 5. The van der Waals surface area contributed by atoms with Crippen LogP contribution < -0.4 is 52.0 Å². The monoisotopic (exact) mass is 1380 g/mol. The standard InChI is InChI=1S/C57H67N12O19P3S2/c58-56-64-52-46(54(71)65-56)36(29-69(52)45-28-43(83-31-63-66-59)44(85-45)30-84-90(78,79)88-91(80,81)87-89(75,76)77)9-4-17-62-57(74)61-16-2-1-3-23-82-32-93-92-24-18-60-53(70)35-14-15-37(55(72)73)40(27-35)47-41-25-33-10-5-19-67-21-7-12-38(48(33)67)50(41)86-51-39-13-8-22-68-20-6-11-34(49(39)68)26-42(47)51/h14-15,25-27,29,43-45H,1-3,5-8,10-13,16-24,28,30-32H2,(H10-,58,60,61,62,64,65,70,71,72,73,74,75,76,77,78,79,80,81)/p+1/t43?,44-,45-/m1/s1. The number of carbonyl (C=O) groups excluding carboxylic acids is 2. The first-order valence-electron chi connectivity index (χ1n) is 30.0. The quantitative estimate of drug-likeness (QED) is 0.00358. The Bertz CT molecular complexity index is 4240. The molecule has 0 spiro atoms. The third-order valence-electron chi connectivity index (χ3n) is 16.4. The first kappa shape index (κ1) is 67.6. The summed E-state index contributed by atoms with van der Waals surface area (Å²) in [6.45, 7) is 3.66. The van der Waals surface area contributed by atoms with Gasteiger partial charge in [-0.25, -0.2) is 27.9 Å². The number of anilines is 2. The van der Waals surface area contributed by atoms with Gasteiger partial charge in [-0.1, -0.05) is 38.5 Å². The molecule has 5 aromatic rings. The summed E-state index contributed by atoms with van der Waals surface area (Å²) in [5, 5.41) is 24.6. The maximum absolute atomic E-state index is 13.9. The van der Waals surface area contributed by atoms with Crippen molar-refractivity contribution < 1.29 is 84.9 Å². The minimum absolute atomic E-state index is 0.0147. The number of rotatable bonds is 27. The number of hydrogen-bond acceptors (Lipinski definition) is 20. The van der Waals surface area contributed by atoms with Crippen molar-refractivity contribution in [1.29, 1.82) is 0 Å². The second-order valence-corrected chi connectivity index (χ2v) is 29.5. The first-order chi connectivity index (χ1) is 44.7. The van der Waals surface area contributed by atoms with Crippen LogP contribution in [0.3, 0.4) is 0 Å². The summed E-state index contributed by atoms with van der Waals surface area (Å²) in [5.74, 6) is 6.61. The number of aromatic amines is 1. The summed E-state index contributed by atoms with van der Waals surface area (Å²) in [7, 11) is -14.0. The van der Waals surface area contributed by atoms with Gasteiger partial charge in [0.25, 0.3) is 11.5 Å². The van der Waals surface area contributed by atoms with E-state index in [0.717, 1.165) is 118 Å². The molecule has 11 rings (SSSR count). The van der Waals surface area contributed by atoms with Crippen molar-refractivity contribution in [2.24, 2.45) is 5.11 Å². The number of nitrogens with one attached hydrogen (secondary N) is 4. The molecule has 6 aliphatic rings. The van der Waals surface area contributed by atoms with E-state index in [1.807, 2.05) is 0 Å². The Hall–Kier alpha value is -6.78. The van der Waals surface area contributed by atoms with E-state index in [1.165, 1.54) is 54.9 Å². The largest absolute Gasteiger partial charge is 0.490 e. The average Bonchev–Trinajstić information content (AvgIpc) is 1.52. The van der Waals surface area contributed by atoms with Crippen LogP contribution >= 0.6 is 45.1 Å². The maximum atomic E-state index is 13.9. The topological polar surface area (TPSA) is 436 Å². The van der Waals surface area contributed by atoms with Crippen LogP contribution in [0.5, 0.6) is 11.5 Å². The molecule has 8 heterocycles. The van der Waals surface area contributed by atoms with Gasteiger partial charge in [-0.2, -0.15) is 13.6 Å². The van der Waals surface area contributed by atoms with Crippen LogP contribution in [0.2, 0.25) is 0 Å². The number of azide groups is 1. The number of carboxylic acids is 1. The van der Waals surface area contributed by atoms with Crippen LogP contribution in [0.4, 0.5) is 16.4 Å². The van der Waals surface area contributed by atoms with Gasteiger partial charge >= 0.3 is 35.5 Å². The fraction of sp³-hybridized carbons (Fsp3) is 0.474. The number of nitrogens with zero attached hydrogens (tertiary/aromatic N) is 7. The van der Waals surface area contributed by atoms with Crippen LogP contribution in [0.1, 0.15) is 117 Å².